The SMILES string of the molecule is Cc1nc2c(Br)cc(Br)cc2c(=O)n1-c1ccccc1N[C@H]1O[C@@H](CO)[C@@H](O)[C@@H](O)[C@H]1O. The van der Waals surface area contributed by atoms with Crippen molar-refractivity contribution >= 4 is 48.5 Å². The summed E-state index contributed by atoms with van der Waals surface area (Å²) < 4.78 is 8.39. The molecule has 0 radical (unpaired) electrons. The van der Waals surface area contributed by atoms with E-state index in [1.54, 1.807) is 37.3 Å². The minimum atomic E-state index is -1.52. The molecule has 2 aromatic carbocycles. The van der Waals surface area contributed by atoms with Crippen molar-refractivity contribution in [2.24, 2.45) is 0 Å². The van der Waals surface area contributed by atoms with Gasteiger partial charge in [-0.2, -0.15) is 0 Å². The van der Waals surface area contributed by atoms with Crippen LogP contribution in [0.2, 0.25) is 0 Å². The molecule has 1 aromatic heterocycles. The second-order valence-corrected chi connectivity index (χ2v) is 9.26. The van der Waals surface area contributed by atoms with Crippen LogP contribution in [0.25, 0.3) is 16.6 Å². The molecule has 3 aromatic rings. The lowest BCUT2D eigenvalue weighted by molar-refractivity contribution is -0.221. The fraction of sp³-hybridized carbons (Fsp3) is 0.333. The molecule has 1 aliphatic heterocycles. The molecule has 0 aliphatic carbocycles. The third-order valence-electron chi connectivity index (χ3n) is 5.39. The number of fused-ring (bicyclic) bond motifs is 1. The van der Waals surface area contributed by atoms with Gasteiger partial charge in [0.2, 0.25) is 0 Å². The highest BCUT2D eigenvalue weighted by Crippen LogP contribution is 2.29. The zero-order valence-corrected chi connectivity index (χ0v) is 20.0. The number of nitrogens with one attached hydrogen (secondary N) is 1. The van der Waals surface area contributed by atoms with Crippen molar-refractivity contribution in [3.05, 3.63) is 61.5 Å². The molecule has 170 valence electrons. The summed E-state index contributed by atoms with van der Waals surface area (Å²) in [4.78, 5) is 18.0. The first-order chi connectivity index (χ1) is 15.2. The van der Waals surface area contributed by atoms with Crippen molar-refractivity contribution < 1.29 is 25.2 Å². The third-order valence-corrected chi connectivity index (χ3v) is 6.46. The van der Waals surface area contributed by atoms with Crippen molar-refractivity contribution in [3.8, 4) is 5.69 Å². The molecule has 1 aliphatic rings. The molecule has 32 heavy (non-hydrogen) atoms. The minimum Gasteiger partial charge on any atom is -0.394 e. The van der Waals surface area contributed by atoms with Crippen LogP contribution in [0, 0.1) is 6.92 Å². The number of aromatic nitrogens is 2. The quantitative estimate of drug-likeness (QED) is 0.318. The lowest BCUT2D eigenvalue weighted by Gasteiger charge is -2.40. The van der Waals surface area contributed by atoms with Gasteiger partial charge in [-0.15, -0.1) is 0 Å². The molecule has 0 unspecified atom stereocenters. The third kappa shape index (κ3) is 4.10. The Bertz CT molecular complexity index is 1220. The Hall–Kier alpha value is -1.86. The van der Waals surface area contributed by atoms with E-state index in [9.17, 15) is 25.2 Å². The van der Waals surface area contributed by atoms with E-state index < -0.39 is 37.3 Å². The van der Waals surface area contributed by atoms with Gasteiger partial charge in [-0.3, -0.25) is 9.36 Å². The Morgan fingerprint density at radius 1 is 1.12 bits per heavy atom. The number of hydrogen-bond donors (Lipinski definition) is 5. The fourth-order valence-corrected chi connectivity index (χ4v) is 5.08. The Balaban J connectivity index is 1.80. The topological polar surface area (TPSA) is 137 Å². The van der Waals surface area contributed by atoms with Gasteiger partial charge in [-0.05, 0) is 47.1 Å². The standard InChI is InChI=1S/C21H21Br2N3O6/c1-9-24-16-11(6-10(22)7-12(16)23)21(31)26(9)14-5-3-2-4-13(14)25-20-19(30)18(29)17(28)15(8-27)32-20/h2-7,15,17-20,25,27-30H,8H2,1H3/t15-,17+,18+,19+,20-/m0/s1. The number of hydrogen-bond acceptors (Lipinski definition) is 8. The van der Waals surface area contributed by atoms with Crippen molar-refractivity contribution in [2.75, 3.05) is 11.9 Å². The van der Waals surface area contributed by atoms with Gasteiger partial charge < -0.3 is 30.5 Å². The number of nitrogens with zero attached hydrogens (tertiary/aromatic N) is 2. The number of para-hydroxylation sites is 2. The first kappa shape index (κ1) is 23.3. The van der Waals surface area contributed by atoms with Crippen LogP contribution in [0.15, 0.2) is 50.1 Å². The number of aryl methyl sites for hydroxylation is 1. The van der Waals surface area contributed by atoms with Crippen molar-refractivity contribution in [2.45, 2.75) is 37.6 Å². The van der Waals surface area contributed by atoms with E-state index in [0.717, 1.165) is 4.47 Å². The monoisotopic (exact) mass is 569 g/mol. The Kier molecular flexibility index (Phi) is 6.68. The van der Waals surface area contributed by atoms with Gasteiger partial charge in [0.1, 0.15) is 30.2 Å². The molecule has 1 fully saturated rings. The second kappa shape index (κ2) is 9.18. The minimum absolute atomic E-state index is 0.294. The van der Waals surface area contributed by atoms with Gasteiger partial charge in [-0.25, -0.2) is 4.98 Å². The van der Waals surface area contributed by atoms with Gasteiger partial charge in [0, 0.05) is 8.95 Å². The van der Waals surface area contributed by atoms with Gasteiger partial charge in [0.05, 0.1) is 28.9 Å². The molecule has 1 saturated heterocycles. The first-order valence-corrected chi connectivity index (χ1v) is 11.4. The highest BCUT2D eigenvalue weighted by atomic mass is 79.9. The average molecular weight is 571 g/mol. The summed E-state index contributed by atoms with van der Waals surface area (Å²) in [5, 5.41) is 43.3. The zero-order chi connectivity index (χ0) is 23.2. The lowest BCUT2D eigenvalue weighted by atomic mass is 9.98. The number of halogens is 2. The number of aliphatic hydroxyl groups excluding tert-OH is 4. The summed E-state index contributed by atoms with van der Waals surface area (Å²) in [6.07, 6.45) is -6.65. The van der Waals surface area contributed by atoms with Crippen LogP contribution in [0.1, 0.15) is 5.82 Å². The molecular formula is C21H21Br2N3O6. The van der Waals surface area contributed by atoms with E-state index in [1.165, 1.54) is 4.57 Å². The summed E-state index contributed by atoms with van der Waals surface area (Å²) in [7, 11) is 0. The summed E-state index contributed by atoms with van der Waals surface area (Å²) in [6, 6.07) is 10.4. The maximum atomic E-state index is 13.4. The van der Waals surface area contributed by atoms with Gasteiger partial charge in [-0.1, -0.05) is 28.1 Å². The average Bonchev–Trinajstić information content (AvgIpc) is 2.76. The van der Waals surface area contributed by atoms with Crippen LogP contribution in [0.4, 0.5) is 5.69 Å². The number of anilines is 1. The largest absolute Gasteiger partial charge is 0.394 e. The second-order valence-electron chi connectivity index (χ2n) is 7.49. The Morgan fingerprint density at radius 3 is 2.56 bits per heavy atom. The molecule has 4 rings (SSSR count). The Morgan fingerprint density at radius 2 is 1.84 bits per heavy atom. The fourth-order valence-electron chi connectivity index (χ4n) is 3.77. The van der Waals surface area contributed by atoms with Crippen molar-refractivity contribution in [3.63, 3.8) is 0 Å². The van der Waals surface area contributed by atoms with Crippen LogP contribution in [0.5, 0.6) is 0 Å². The van der Waals surface area contributed by atoms with E-state index in [0.29, 0.717) is 32.6 Å². The number of benzene rings is 2. The van der Waals surface area contributed by atoms with Gasteiger partial charge in [0.25, 0.3) is 5.56 Å². The number of ether oxygens (including phenoxy) is 1. The molecule has 0 saturated carbocycles. The highest BCUT2D eigenvalue weighted by molar-refractivity contribution is 9.11. The van der Waals surface area contributed by atoms with E-state index in [-0.39, 0.29) is 5.56 Å². The normalized spacial score (nSPS) is 25.8. The van der Waals surface area contributed by atoms with Crippen molar-refractivity contribution in [1.82, 2.24) is 9.55 Å². The number of rotatable bonds is 4. The number of aliphatic hydroxyl groups is 4. The molecule has 5 N–H and O–H groups in total. The van der Waals surface area contributed by atoms with Gasteiger partial charge in [0.15, 0.2) is 6.23 Å². The maximum Gasteiger partial charge on any atom is 0.266 e. The summed E-state index contributed by atoms with van der Waals surface area (Å²) in [5.74, 6) is 0.438. The molecule has 0 spiro atoms. The van der Waals surface area contributed by atoms with Crippen LogP contribution < -0.4 is 10.9 Å². The first-order valence-electron chi connectivity index (χ1n) is 9.77. The Labute approximate surface area is 199 Å². The molecule has 9 nitrogen and oxygen atoms in total. The van der Waals surface area contributed by atoms with Crippen LogP contribution in [-0.2, 0) is 4.74 Å². The maximum absolute atomic E-state index is 13.4. The van der Waals surface area contributed by atoms with E-state index in [4.69, 9.17) is 4.74 Å². The molecule has 5 atom stereocenters. The summed E-state index contributed by atoms with van der Waals surface area (Å²) in [5.41, 5.74) is 1.12. The molecule has 2 heterocycles. The molecular weight excluding hydrogens is 550 g/mol. The van der Waals surface area contributed by atoms with E-state index >= 15 is 0 Å². The van der Waals surface area contributed by atoms with E-state index in [1.807, 2.05) is 6.07 Å². The molecule has 0 bridgehead atoms. The summed E-state index contributed by atoms with van der Waals surface area (Å²) in [6.45, 7) is 1.17. The molecule has 11 heteroatoms. The van der Waals surface area contributed by atoms with Crippen LogP contribution in [-0.4, -0.2) is 67.2 Å². The van der Waals surface area contributed by atoms with E-state index in [2.05, 4.69) is 42.2 Å². The molecule has 0 amide bonds. The predicted molar refractivity (Wildman–Crippen MR) is 125 cm³/mol. The predicted octanol–water partition coefficient (Wildman–Crippen LogP) is 1.43. The smallest absolute Gasteiger partial charge is 0.266 e. The van der Waals surface area contributed by atoms with Crippen molar-refractivity contribution in [1.29, 1.82) is 0 Å². The zero-order valence-electron chi connectivity index (χ0n) is 16.8. The van der Waals surface area contributed by atoms with Gasteiger partial charge >= 0.3 is 0 Å². The lowest BCUT2D eigenvalue weighted by Crippen LogP contribution is -2.60. The summed E-state index contributed by atoms with van der Waals surface area (Å²) >= 11 is 6.84. The highest BCUT2D eigenvalue weighted by Gasteiger charge is 2.43. The van der Waals surface area contributed by atoms with Crippen LogP contribution in [0.3, 0.4) is 0 Å². The van der Waals surface area contributed by atoms with Crippen LogP contribution >= 0.6 is 31.9 Å².